The number of nitrogens with zero attached hydrogens (tertiary/aromatic N) is 2. The van der Waals surface area contributed by atoms with Crippen molar-refractivity contribution in [1.29, 1.82) is 0 Å². The Morgan fingerprint density at radius 1 is 1.00 bits per heavy atom. The van der Waals surface area contributed by atoms with Gasteiger partial charge in [-0.3, -0.25) is 9.80 Å². The third-order valence-electron chi connectivity index (χ3n) is 5.05. The molecule has 1 aliphatic heterocycles. The topological polar surface area (TPSA) is 108 Å². The van der Waals surface area contributed by atoms with Crippen LogP contribution in [0.5, 0.6) is 0 Å². The van der Waals surface area contributed by atoms with Crippen molar-refractivity contribution in [3.8, 4) is 0 Å². The Kier molecular flexibility index (Phi) is 8.71. The van der Waals surface area contributed by atoms with E-state index in [-0.39, 0.29) is 6.54 Å². The Bertz CT molecular complexity index is 816. The van der Waals surface area contributed by atoms with Crippen LogP contribution >= 0.6 is 0 Å². The number of nitrogens with one attached hydrogen (secondary N) is 1. The van der Waals surface area contributed by atoms with Gasteiger partial charge < -0.3 is 19.9 Å². The highest BCUT2D eigenvalue weighted by Gasteiger charge is 2.45. The van der Waals surface area contributed by atoms with Gasteiger partial charge in [-0.05, 0) is 53.5 Å². The van der Waals surface area contributed by atoms with Crippen molar-refractivity contribution in [2.45, 2.75) is 71.2 Å². The zero-order valence-corrected chi connectivity index (χ0v) is 20.5. The summed E-state index contributed by atoms with van der Waals surface area (Å²) in [6, 6.07) is 8.17. The Labute approximate surface area is 196 Å². The Hall–Kier alpha value is -2.81. The van der Waals surface area contributed by atoms with E-state index in [1.807, 2.05) is 35.2 Å². The normalized spacial score (nSPS) is 19.6. The van der Waals surface area contributed by atoms with Gasteiger partial charge in [0.2, 0.25) is 0 Å². The van der Waals surface area contributed by atoms with Crippen LogP contribution in [0, 0.1) is 0 Å². The zero-order valence-electron chi connectivity index (χ0n) is 20.5. The summed E-state index contributed by atoms with van der Waals surface area (Å²) >= 11 is 0. The molecule has 1 heterocycles. The maximum atomic E-state index is 13.2. The van der Waals surface area contributed by atoms with Gasteiger partial charge in [-0.15, -0.1) is 0 Å². The molecule has 33 heavy (non-hydrogen) atoms. The molecule has 0 aliphatic carbocycles. The van der Waals surface area contributed by atoms with E-state index in [1.165, 1.54) is 4.90 Å². The number of carbonyl (C=O) groups excluding carboxylic acids is 2. The molecule has 0 radical (unpaired) electrons. The Morgan fingerprint density at radius 3 is 2.15 bits per heavy atom. The second kappa shape index (κ2) is 10.9. The third kappa shape index (κ3) is 8.57. The van der Waals surface area contributed by atoms with Gasteiger partial charge >= 0.3 is 18.2 Å². The molecular formula is C24H37N3O6. The van der Waals surface area contributed by atoms with Crippen LogP contribution in [-0.2, 0) is 20.7 Å². The van der Waals surface area contributed by atoms with E-state index in [9.17, 15) is 19.5 Å². The first kappa shape index (κ1) is 26.4. The zero-order chi connectivity index (χ0) is 24.8. The number of ether oxygens (including phenoxy) is 2. The maximum Gasteiger partial charge on any atom is 0.408 e. The number of hydrogen-bond donors (Lipinski definition) is 2. The van der Waals surface area contributed by atoms with E-state index in [4.69, 9.17) is 9.47 Å². The molecule has 2 N–H and O–H groups in total. The number of carbonyl (C=O) groups is 3. The number of alkyl carbamates (subject to hydrolysis) is 1. The van der Waals surface area contributed by atoms with Crippen molar-refractivity contribution < 1.29 is 29.0 Å². The number of benzene rings is 1. The fourth-order valence-electron chi connectivity index (χ4n) is 3.80. The van der Waals surface area contributed by atoms with E-state index in [0.29, 0.717) is 26.1 Å². The Morgan fingerprint density at radius 2 is 1.61 bits per heavy atom. The van der Waals surface area contributed by atoms with Crippen LogP contribution in [-0.4, -0.2) is 82.5 Å². The molecule has 0 aromatic heterocycles. The minimum absolute atomic E-state index is 0.164. The van der Waals surface area contributed by atoms with E-state index in [0.717, 1.165) is 5.56 Å². The predicted octanol–water partition coefficient (Wildman–Crippen LogP) is 3.13. The highest BCUT2D eigenvalue weighted by molar-refractivity contribution is 5.82. The third-order valence-corrected chi connectivity index (χ3v) is 5.05. The van der Waals surface area contributed by atoms with E-state index >= 15 is 0 Å². The largest absolute Gasteiger partial charge is 0.465 e. The molecule has 1 aliphatic rings. The first-order valence-corrected chi connectivity index (χ1v) is 11.2. The first-order chi connectivity index (χ1) is 15.3. The first-order valence-electron chi connectivity index (χ1n) is 11.2. The van der Waals surface area contributed by atoms with E-state index in [1.54, 1.807) is 41.5 Å². The summed E-state index contributed by atoms with van der Waals surface area (Å²) in [6.07, 6.45) is -1.22. The van der Waals surface area contributed by atoms with Crippen molar-refractivity contribution in [1.82, 2.24) is 15.1 Å². The number of amides is 2. The molecule has 0 spiro atoms. The second-order valence-electron chi connectivity index (χ2n) is 10.2. The summed E-state index contributed by atoms with van der Waals surface area (Å²) < 4.78 is 10.9. The SMILES string of the molecule is CC(C)(C)OC(=O)NCCN1CCN(C(=O)O)C(C(=O)OC(C)(C)C)C1Cc1ccccc1. The molecule has 2 amide bonds. The molecule has 1 fully saturated rings. The molecule has 0 bridgehead atoms. The lowest BCUT2D eigenvalue weighted by Gasteiger charge is -2.46. The molecule has 9 nitrogen and oxygen atoms in total. The van der Waals surface area contributed by atoms with Crippen LogP contribution in [0.2, 0.25) is 0 Å². The quantitative estimate of drug-likeness (QED) is 0.624. The molecule has 0 saturated carbocycles. The molecule has 2 atom stereocenters. The minimum Gasteiger partial charge on any atom is -0.465 e. The summed E-state index contributed by atoms with van der Waals surface area (Å²) in [5.41, 5.74) is -0.373. The summed E-state index contributed by atoms with van der Waals surface area (Å²) in [5.74, 6) is -0.573. The molecule has 1 saturated heterocycles. The summed E-state index contributed by atoms with van der Waals surface area (Å²) in [6.45, 7) is 12.0. The standard InChI is InChI=1S/C24H37N3O6/c1-23(2,3)32-20(28)19-18(16-17-10-8-7-9-11-17)26(14-15-27(19)22(30)31)13-12-25-21(29)33-24(4,5)6/h7-11,18-19H,12-16H2,1-6H3,(H,25,29)(H,30,31). The molecule has 2 unspecified atom stereocenters. The summed E-state index contributed by atoms with van der Waals surface area (Å²) in [4.78, 5) is 40.4. The second-order valence-corrected chi connectivity index (χ2v) is 10.2. The highest BCUT2D eigenvalue weighted by Crippen LogP contribution is 2.24. The van der Waals surface area contributed by atoms with Crippen LogP contribution < -0.4 is 5.32 Å². The molecule has 1 aromatic carbocycles. The van der Waals surface area contributed by atoms with Gasteiger partial charge in [0.1, 0.15) is 17.2 Å². The molecule has 2 rings (SSSR count). The fourth-order valence-corrected chi connectivity index (χ4v) is 3.80. The monoisotopic (exact) mass is 463 g/mol. The van der Waals surface area contributed by atoms with Gasteiger partial charge in [0.05, 0.1) is 0 Å². The van der Waals surface area contributed by atoms with Gasteiger partial charge in [0, 0.05) is 32.2 Å². The van der Waals surface area contributed by atoms with Gasteiger partial charge in [0.15, 0.2) is 0 Å². The van der Waals surface area contributed by atoms with Crippen molar-refractivity contribution >= 4 is 18.2 Å². The minimum atomic E-state index is -1.16. The van der Waals surface area contributed by atoms with E-state index < -0.39 is 41.4 Å². The smallest absolute Gasteiger partial charge is 0.408 e. The van der Waals surface area contributed by atoms with Crippen LogP contribution in [0.3, 0.4) is 0 Å². The summed E-state index contributed by atoms with van der Waals surface area (Å²) in [7, 11) is 0. The lowest BCUT2D eigenvalue weighted by atomic mass is 9.94. The van der Waals surface area contributed by atoms with Crippen LogP contribution in [0.4, 0.5) is 9.59 Å². The van der Waals surface area contributed by atoms with Crippen molar-refractivity contribution in [2.75, 3.05) is 26.2 Å². The fraction of sp³-hybridized carbons (Fsp3) is 0.625. The lowest BCUT2D eigenvalue weighted by molar-refractivity contribution is -0.165. The van der Waals surface area contributed by atoms with Crippen molar-refractivity contribution in [2.24, 2.45) is 0 Å². The van der Waals surface area contributed by atoms with Crippen LogP contribution in [0.25, 0.3) is 0 Å². The van der Waals surface area contributed by atoms with Gasteiger partial charge in [-0.2, -0.15) is 0 Å². The molecule has 9 heteroatoms. The number of rotatable bonds is 6. The van der Waals surface area contributed by atoms with Crippen molar-refractivity contribution in [3.63, 3.8) is 0 Å². The molecule has 184 valence electrons. The van der Waals surface area contributed by atoms with Crippen LogP contribution in [0.1, 0.15) is 47.1 Å². The van der Waals surface area contributed by atoms with Crippen molar-refractivity contribution in [3.05, 3.63) is 35.9 Å². The average molecular weight is 464 g/mol. The van der Waals surface area contributed by atoms with Gasteiger partial charge in [-0.1, -0.05) is 30.3 Å². The maximum absolute atomic E-state index is 13.2. The Balaban J connectivity index is 2.25. The number of piperazine rings is 1. The van der Waals surface area contributed by atoms with E-state index in [2.05, 4.69) is 5.32 Å². The predicted molar refractivity (Wildman–Crippen MR) is 124 cm³/mol. The number of carboxylic acid groups (broad SMARTS) is 1. The summed E-state index contributed by atoms with van der Waals surface area (Å²) in [5, 5.41) is 12.5. The highest BCUT2D eigenvalue weighted by atomic mass is 16.6. The van der Waals surface area contributed by atoms with Crippen LogP contribution in [0.15, 0.2) is 30.3 Å². The average Bonchev–Trinajstić information content (AvgIpc) is 2.66. The number of esters is 1. The van der Waals surface area contributed by atoms with Gasteiger partial charge in [0.25, 0.3) is 0 Å². The van der Waals surface area contributed by atoms with Gasteiger partial charge in [-0.25, -0.2) is 14.4 Å². The lowest BCUT2D eigenvalue weighted by Crippen LogP contribution is -2.65. The number of hydrogen-bond acceptors (Lipinski definition) is 6. The molecule has 1 aromatic rings. The molecular weight excluding hydrogens is 426 g/mol.